The van der Waals surface area contributed by atoms with Crippen LogP contribution in [0, 0.1) is 0 Å². The zero-order valence-electron chi connectivity index (χ0n) is 11.3. The Balaban J connectivity index is 2.11. The van der Waals surface area contributed by atoms with Gasteiger partial charge in [0.15, 0.2) is 0 Å². The molecule has 3 heteroatoms. The van der Waals surface area contributed by atoms with Crippen molar-refractivity contribution in [3.63, 3.8) is 0 Å². The third-order valence-corrected chi connectivity index (χ3v) is 3.15. The predicted molar refractivity (Wildman–Crippen MR) is 77.8 cm³/mol. The van der Waals surface area contributed by atoms with E-state index in [1.165, 1.54) is 5.56 Å². The number of aryl methyl sites for hydroxylation is 2. The molecule has 0 aliphatic heterocycles. The summed E-state index contributed by atoms with van der Waals surface area (Å²) in [4.78, 5) is 0. The average molecular weight is 257 g/mol. The molecule has 19 heavy (non-hydrogen) atoms. The summed E-state index contributed by atoms with van der Waals surface area (Å²) in [5.41, 5.74) is 8.89. The van der Waals surface area contributed by atoms with Gasteiger partial charge in [-0.15, -0.1) is 0 Å². The van der Waals surface area contributed by atoms with Gasteiger partial charge in [-0.3, -0.25) is 0 Å². The smallest absolute Gasteiger partial charge is 0.122 e. The van der Waals surface area contributed by atoms with Gasteiger partial charge in [0, 0.05) is 5.69 Å². The van der Waals surface area contributed by atoms with E-state index in [0.29, 0.717) is 0 Å². The molecule has 2 N–H and O–H groups in total. The number of benzene rings is 2. The number of rotatable bonds is 5. The van der Waals surface area contributed by atoms with Crippen LogP contribution in [-0.2, 0) is 12.8 Å². The maximum absolute atomic E-state index is 5.68. The van der Waals surface area contributed by atoms with Gasteiger partial charge in [0.2, 0.25) is 0 Å². The number of methoxy groups -OCH3 is 2. The van der Waals surface area contributed by atoms with E-state index in [4.69, 9.17) is 15.2 Å². The minimum Gasteiger partial charge on any atom is -0.497 e. The Morgan fingerprint density at radius 1 is 0.895 bits per heavy atom. The van der Waals surface area contributed by atoms with Crippen molar-refractivity contribution in [1.82, 2.24) is 0 Å². The molecule has 0 heterocycles. The molecule has 0 aliphatic rings. The van der Waals surface area contributed by atoms with Gasteiger partial charge in [-0.05, 0) is 54.3 Å². The molecule has 0 unspecified atom stereocenters. The molecule has 0 spiro atoms. The SMILES string of the molecule is COc1ccc(OC)c(CCc2ccc(N)cc2)c1. The van der Waals surface area contributed by atoms with Crippen LogP contribution in [0.5, 0.6) is 11.5 Å². The summed E-state index contributed by atoms with van der Waals surface area (Å²) in [7, 11) is 3.36. The van der Waals surface area contributed by atoms with Crippen LogP contribution < -0.4 is 15.2 Å². The maximum Gasteiger partial charge on any atom is 0.122 e. The Labute approximate surface area is 114 Å². The van der Waals surface area contributed by atoms with Crippen molar-refractivity contribution in [1.29, 1.82) is 0 Å². The fourth-order valence-corrected chi connectivity index (χ4v) is 2.04. The van der Waals surface area contributed by atoms with Crippen LogP contribution in [0.2, 0.25) is 0 Å². The number of hydrogen-bond acceptors (Lipinski definition) is 3. The van der Waals surface area contributed by atoms with Crippen molar-refractivity contribution in [2.24, 2.45) is 0 Å². The lowest BCUT2D eigenvalue weighted by Crippen LogP contribution is -1.97. The van der Waals surface area contributed by atoms with Crippen molar-refractivity contribution in [2.45, 2.75) is 12.8 Å². The van der Waals surface area contributed by atoms with Gasteiger partial charge in [0.25, 0.3) is 0 Å². The minimum atomic E-state index is 0.794. The van der Waals surface area contributed by atoms with Crippen LogP contribution in [-0.4, -0.2) is 14.2 Å². The molecule has 0 bridgehead atoms. The molecule has 0 saturated heterocycles. The van der Waals surface area contributed by atoms with Crippen molar-refractivity contribution >= 4 is 5.69 Å². The Morgan fingerprint density at radius 2 is 1.63 bits per heavy atom. The molecule has 2 aromatic carbocycles. The van der Waals surface area contributed by atoms with Crippen molar-refractivity contribution < 1.29 is 9.47 Å². The molecule has 0 radical (unpaired) electrons. The van der Waals surface area contributed by atoms with Crippen molar-refractivity contribution in [3.8, 4) is 11.5 Å². The highest BCUT2D eigenvalue weighted by atomic mass is 16.5. The molecule has 2 aromatic rings. The summed E-state index contributed by atoms with van der Waals surface area (Å²) in [6.45, 7) is 0. The summed E-state index contributed by atoms with van der Waals surface area (Å²) in [6.07, 6.45) is 1.86. The van der Waals surface area contributed by atoms with E-state index < -0.39 is 0 Å². The third-order valence-electron chi connectivity index (χ3n) is 3.15. The quantitative estimate of drug-likeness (QED) is 0.837. The van der Waals surface area contributed by atoms with E-state index in [0.717, 1.165) is 35.6 Å². The molecule has 0 amide bonds. The van der Waals surface area contributed by atoms with Gasteiger partial charge >= 0.3 is 0 Å². The maximum atomic E-state index is 5.68. The first-order valence-corrected chi connectivity index (χ1v) is 6.28. The molecule has 0 aromatic heterocycles. The molecule has 3 nitrogen and oxygen atoms in total. The second-order valence-corrected chi connectivity index (χ2v) is 4.42. The van der Waals surface area contributed by atoms with Crippen LogP contribution in [0.15, 0.2) is 42.5 Å². The number of ether oxygens (including phenoxy) is 2. The second-order valence-electron chi connectivity index (χ2n) is 4.42. The second kappa shape index (κ2) is 6.14. The first kappa shape index (κ1) is 13.3. The van der Waals surface area contributed by atoms with Gasteiger partial charge in [-0.25, -0.2) is 0 Å². The fraction of sp³-hybridized carbons (Fsp3) is 0.250. The van der Waals surface area contributed by atoms with E-state index in [-0.39, 0.29) is 0 Å². The first-order chi connectivity index (χ1) is 9.22. The highest BCUT2D eigenvalue weighted by molar-refractivity contribution is 5.42. The normalized spacial score (nSPS) is 10.2. The number of anilines is 1. The van der Waals surface area contributed by atoms with Gasteiger partial charge in [-0.2, -0.15) is 0 Å². The molecule has 0 saturated carbocycles. The Bertz CT molecular complexity index is 535. The fourth-order valence-electron chi connectivity index (χ4n) is 2.04. The lowest BCUT2D eigenvalue weighted by Gasteiger charge is -2.10. The van der Waals surface area contributed by atoms with E-state index >= 15 is 0 Å². The van der Waals surface area contributed by atoms with E-state index in [1.807, 2.05) is 30.3 Å². The molecule has 0 fully saturated rings. The van der Waals surface area contributed by atoms with Gasteiger partial charge in [0.05, 0.1) is 14.2 Å². The Morgan fingerprint density at radius 3 is 2.26 bits per heavy atom. The Kier molecular flexibility index (Phi) is 4.29. The summed E-state index contributed by atoms with van der Waals surface area (Å²) >= 11 is 0. The third kappa shape index (κ3) is 3.41. The number of nitrogen functional groups attached to an aromatic ring is 1. The predicted octanol–water partition coefficient (Wildman–Crippen LogP) is 3.07. The zero-order valence-corrected chi connectivity index (χ0v) is 11.3. The summed E-state index contributed by atoms with van der Waals surface area (Å²) in [5.74, 6) is 1.75. The minimum absolute atomic E-state index is 0.794. The van der Waals surface area contributed by atoms with Gasteiger partial charge in [0.1, 0.15) is 11.5 Å². The highest BCUT2D eigenvalue weighted by Gasteiger charge is 2.05. The van der Waals surface area contributed by atoms with Gasteiger partial charge in [-0.1, -0.05) is 12.1 Å². The standard InChI is InChI=1S/C16H19NO2/c1-18-15-9-10-16(19-2)13(11-15)6-3-12-4-7-14(17)8-5-12/h4-5,7-11H,3,6,17H2,1-2H3. The van der Waals surface area contributed by atoms with Crippen LogP contribution >= 0.6 is 0 Å². The van der Waals surface area contributed by atoms with E-state index in [9.17, 15) is 0 Å². The van der Waals surface area contributed by atoms with Crippen LogP contribution in [0.25, 0.3) is 0 Å². The lowest BCUT2D eigenvalue weighted by molar-refractivity contribution is 0.398. The monoisotopic (exact) mass is 257 g/mol. The van der Waals surface area contributed by atoms with Crippen molar-refractivity contribution in [3.05, 3.63) is 53.6 Å². The first-order valence-electron chi connectivity index (χ1n) is 6.28. The molecule has 100 valence electrons. The molecule has 2 rings (SSSR count). The van der Waals surface area contributed by atoms with Crippen molar-refractivity contribution in [2.75, 3.05) is 20.0 Å². The molecule has 0 atom stereocenters. The largest absolute Gasteiger partial charge is 0.497 e. The number of nitrogens with two attached hydrogens (primary N) is 1. The highest BCUT2D eigenvalue weighted by Crippen LogP contribution is 2.25. The van der Waals surface area contributed by atoms with Crippen LogP contribution in [0.1, 0.15) is 11.1 Å². The van der Waals surface area contributed by atoms with E-state index in [1.54, 1.807) is 14.2 Å². The summed E-state index contributed by atoms with van der Waals surface area (Å²) in [5, 5.41) is 0. The summed E-state index contributed by atoms with van der Waals surface area (Å²) in [6, 6.07) is 13.8. The summed E-state index contributed by atoms with van der Waals surface area (Å²) < 4.78 is 10.6. The van der Waals surface area contributed by atoms with Crippen LogP contribution in [0.4, 0.5) is 5.69 Å². The molecular formula is C16H19NO2. The molecule has 0 aliphatic carbocycles. The van der Waals surface area contributed by atoms with Crippen LogP contribution in [0.3, 0.4) is 0 Å². The topological polar surface area (TPSA) is 44.5 Å². The van der Waals surface area contributed by atoms with Gasteiger partial charge < -0.3 is 15.2 Å². The lowest BCUT2D eigenvalue weighted by atomic mass is 10.0. The molecular weight excluding hydrogens is 238 g/mol. The zero-order chi connectivity index (χ0) is 13.7. The Hall–Kier alpha value is -2.16. The number of hydrogen-bond donors (Lipinski definition) is 1. The average Bonchev–Trinajstić information content (AvgIpc) is 2.46. The van der Waals surface area contributed by atoms with E-state index in [2.05, 4.69) is 12.1 Å².